The van der Waals surface area contributed by atoms with E-state index in [0.29, 0.717) is 56.3 Å². The zero-order valence-electron chi connectivity index (χ0n) is 19.3. The van der Waals surface area contributed by atoms with Crippen LogP contribution in [0.25, 0.3) is 0 Å². The number of Topliss-reactive ketones (excluding diaryl/α,β-unsaturated/α-hetero) is 1. The number of hydrogen-bond donors (Lipinski definition) is 1. The molecule has 1 aliphatic carbocycles. The molecule has 1 aliphatic heterocycles. The first-order chi connectivity index (χ1) is 17.9. The number of nitrogens with zero attached hydrogens (tertiary/aromatic N) is 5. The summed E-state index contributed by atoms with van der Waals surface area (Å²) in [6.07, 6.45) is 1.51. The van der Waals surface area contributed by atoms with Crippen LogP contribution in [0.15, 0.2) is 75.5 Å². The molecule has 0 amide bonds. The summed E-state index contributed by atoms with van der Waals surface area (Å²) in [5.74, 6) is -0.0691. The number of aromatic nitrogens is 2. The van der Waals surface area contributed by atoms with Crippen molar-refractivity contribution < 1.29 is 9.72 Å². The highest BCUT2D eigenvalue weighted by molar-refractivity contribution is 8.00. The highest BCUT2D eigenvalue weighted by atomic mass is 35.5. The molecule has 0 unspecified atom stereocenters. The minimum absolute atomic E-state index is 0.107. The van der Waals surface area contributed by atoms with Crippen LogP contribution in [-0.4, -0.2) is 20.9 Å². The fraction of sp³-hybridized carbons (Fsp3) is 0.200. The van der Waals surface area contributed by atoms with E-state index >= 15 is 0 Å². The van der Waals surface area contributed by atoms with Gasteiger partial charge in [-0.1, -0.05) is 59.0 Å². The largest absolute Gasteiger partial charge is 0.384 e. The molecular formula is C25H19ClN6O3S2. The molecule has 2 N–H and O–H groups in total. The first-order valence-corrected chi connectivity index (χ1v) is 13.5. The van der Waals surface area contributed by atoms with E-state index in [0.717, 1.165) is 5.56 Å². The molecule has 2 aromatic carbocycles. The van der Waals surface area contributed by atoms with Gasteiger partial charge < -0.3 is 5.73 Å². The Morgan fingerprint density at radius 3 is 2.76 bits per heavy atom. The fourth-order valence-corrected chi connectivity index (χ4v) is 6.50. The number of nitrogens with two attached hydrogens (primary N) is 1. The van der Waals surface area contributed by atoms with Gasteiger partial charge in [-0.2, -0.15) is 5.26 Å². The van der Waals surface area contributed by atoms with Gasteiger partial charge in [0.1, 0.15) is 5.82 Å². The second kappa shape index (κ2) is 10.3. The number of rotatable bonds is 6. The normalized spacial score (nSPS) is 17.6. The van der Waals surface area contributed by atoms with Gasteiger partial charge in [-0.15, -0.1) is 10.2 Å². The van der Waals surface area contributed by atoms with Gasteiger partial charge >= 0.3 is 0 Å². The van der Waals surface area contributed by atoms with Crippen LogP contribution >= 0.6 is 34.7 Å². The van der Waals surface area contributed by atoms with Crippen molar-refractivity contribution in [3.63, 3.8) is 0 Å². The van der Waals surface area contributed by atoms with Crippen molar-refractivity contribution in [2.24, 2.45) is 5.73 Å². The van der Waals surface area contributed by atoms with Crippen LogP contribution in [0.4, 0.5) is 10.8 Å². The number of non-ortho nitro benzene ring substituents is 1. The van der Waals surface area contributed by atoms with Gasteiger partial charge in [0.2, 0.25) is 5.13 Å². The number of anilines is 1. The van der Waals surface area contributed by atoms with Gasteiger partial charge in [0.05, 0.1) is 22.5 Å². The van der Waals surface area contributed by atoms with Crippen molar-refractivity contribution in [2.75, 3.05) is 4.90 Å². The number of nitro groups is 1. The Morgan fingerprint density at radius 1 is 1.24 bits per heavy atom. The number of carbonyl (C=O) groups excluding carboxylic acids is 1. The topological polar surface area (TPSA) is 139 Å². The maximum absolute atomic E-state index is 13.2. The molecule has 9 nitrogen and oxygen atoms in total. The number of thioether (sulfide) groups is 1. The van der Waals surface area contributed by atoms with Crippen molar-refractivity contribution in [1.29, 1.82) is 5.26 Å². The molecule has 2 aliphatic rings. The summed E-state index contributed by atoms with van der Waals surface area (Å²) in [5.41, 5.74) is 9.25. The molecule has 12 heteroatoms. The zero-order chi connectivity index (χ0) is 26.1. The van der Waals surface area contributed by atoms with Crippen molar-refractivity contribution in [2.45, 2.75) is 35.3 Å². The molecule has 2 heterocycles. The summed E-state index contributed by atoms with van der Waals surface area (Å²) in [5, 5.41) is 31.3. The van der Waals surface area contributed by atoms with E-state index in [1.54, 1.807) is 17.0 Å². The number of allylic oxidation sites excluding steroid dienone is 3. The molecule has 0 bridgehead atoms. The predicted molar refractivity (Wildman–Crippen MR) is 142 cm³/mol. The molecule has 0 saturated heterocycles. The van der Waals surface area contributed by atoms with Crippen molar-refractivity contribution >= 4 is 51.3 Å². The molecule has 0 spiro atoms. The van der Waals surface area contributed by atoms with E-state index in [4.69, 9.17) is 17.3 Å². The molecule has 0 fully saturated rings. The zero-order valence-corrected chi connectivity index (χ0v) is 21.6. The maximum Gasteiger partial charge on any atom is 0.269 e. The van der Waals surface area contributed by atoms with Crippen LogP contribution in [0.5, 0.6) is 0 Å². The van der Waals surface area contributed by atoms with Crippen LogP contribution < -0.4 is 10.6 Å². The van der Waals surface area contributed by atoms with Gasteiger partial charge in [-0.3, -0.25) is 19.8 Å². The number of ketones is 1. The lowest BCUT2D eigenvalue weighted by atomic mass is 9.75. The molecule has 1 aromatic heterocycles. The van der Waals surface area contributed by atoms with Gasteiger partial charge in [-0.25, -0.2) is 0 Å². The number of nitriles is 1. The van der Waals surface area contributed by atoms with Gasteiger partial charge in [0.25, 0.3) is 5.69 Å². The van der Waals surface area contributed by atoms with Crippen LogP contribution in [0.2, 0.25) is 5.02 Å². The van der Waals surface area contributed by atoms with Crippen LogP contribution in [0.1, 0.15) is 36.3 Å². The lowest BCUT2D eigenvalue weighted by Crippen LogP contribution is -2.38. The summed E-state index contributed by atoms with van der Waals surface area (Å²) in [7, 11) is 0. The number of benzene rings is 2. The maximum atomic E-state index is 13.2. The molecule has 37 heavy (non-hydrogen) atoms. The number of hydrogen-bond acceptors (Lipinski definition) is 10. The van der Waals surface area contributed by atoms with E-state index in [9.17, 15) is 20.2 Å². The lowest BCUT2D eigenvalue weighted by molar-refractivity contribution is -0.384. The Balaban J connectivity index is 1.53. The summed E-state index contributed by atoms with van der Waals surface area (Å²) >= 11 is 8.79. The smallest absolute Gasteiger partial charge is 0.269 e. The number of nitro benzene ring substituents is 1. The Bertz CT molecular complexity index is 1510. The second-order valence-corrected chi connectivity index (χ2v) is 11.0. The first-order valence-electron chi connectivity index (χ1n) is 11.3. The fourth-order valence-electron chi connectivity index (χ4n) is 4.53. The van der Waals surface area contributed by atoms with Crippen LogP contribution in [0, 0.1) is 21.4 Å². The first kappa shape index (κ1) is 25.0. The van der Waals surface area contributed by atoms with Crippen molar-refractivity contribution in [3.8, 4) is 6.07 Å². The van der Waals surface area contributed by atoms with Crippen LogP contribution in [0.3, 0.4) is 0 Å². The third kappa shape index (κ3) is 4.83. The van der Waals surface area contributed by atoms with E-state index in [1.165, 1.54) is 35.2 Å². The minimum Gasteiger partial charge on any atom is -0.384 e. The SMILES string of the molecule is N#CC1=C(N)N(c2nnc(SCc3ccc(Cl)cc3)s2)C2=C(C(=O)CCC2)[C@H]1c1cccc([N+](=O)[O-])c1. The highest BCUT2D eigenvalue weighted by Gasteiger charge is 2.41. The second-order valence-electron chi connectivity index (χ2n) is 8.43. The summed E-state index contributed by atoms with van der Waals surface area (Å²) in [6, 6.07) is 15.7. The average molecular weight is 551 g/mol. The van der Waals surface area contributed by atoms with Crippen molar-refractivity contribution in [3.05, 3.63) is 97.5 Å². The van der Waals surface area contributed by atoms with E-state index < -0.39 is 10.8 Å². The van der Waals surface area contributed by atoms with Gasteiger partial charge in [0.15, 0.2) is 10.1 Å². The van der Waals surface area contributed by atoms with E-state index in [-0.39, 0.29) is 22.9 Å². The molecule has 5 rings (SSSR count). The summed E-state index contributed by atoms with van der Waals surface area (Å²) in [6.45, 7) is 0. The van der Waals surface area contributed by atoms with Gasteiger partial charge in [-0.05, 0) is 36.1 Å². The molecule has 0 radical (unpaired) electrons. The summed E-state index contributed by atoms with van der Waals surface area (Å²) in [4.78, 5) is 25.8. The minimum atomic E-state index is -0.782. The standard InChI is InChI=1S/C25H19ClN6O3S2/c26-16-9-7-14(8-10-16)13-36-25-30-29-24(37-25)31-19-5-2-6-20(33)22(19)21(18(12-27)23(31)28)15-3-1-4-17(11-15)32(34)35/h1,3-4,7-11,21H,2,5-6,13,28H2/t21-/m0/s1. The number of halogens is 1. The Labute approximate surface area is 225 Å². The Hall–Kier alpha value is -3.72. The predicted octanol–water partition coefficient (Wildman–Crippen LogP) is 5.70. The lowest BCUT2D eigenvalue weighted by Gasteiger charge is -2.38. The highest BCUT2D eigenvalue weighted by Crippen LogP contribution is 2.47. The third-order valence-electron chi connectivity index (χ3n) is 6.19. The molecule has 1 atom stereocenters. The third-order valence-corrected chi connectivity index (χ3v) is 8.56. The van der Waals surface area contributed by atoms with E-state index in [2.05, 4.69) is 16.3 Å². The molecule has 3 aromatic rings. The van der Waals surface area contributed by atoms with E-state index in [1.807, 2.05) is 24.3 Å². The monoisotopic (exact) mass is 550 g/mol. The van der Waals surface area contributed by atoms with Crippen LogP contribution in [-0.2, 0) is 10.5 Å². The Morgan fingerprint density at radius 2 is 2.03 bits per heavy atom. The molecule has 186 valence electrons. The Kier molecular flexibility index (Phi) is 6.97. The average Bonchev–Trinajstić information content (AvgIpc) is 3.36. The summed E-state index contributed by atoms with van der Waals surface area (Å²) < 4.78 is 0.710. The molecular weight excluding hydrogens is 532 g/mol. The quantitative estimate of drug-likeness (QED) is 0.232. The molecule has 0 saturated carbocycles. The van der Waals surface area contributed by atoms with Crippen molar-refractivity contribution in [1.82, 2.24) is 10.2 Å². The van der Waals surface area contributed by atoms with Gasteiger partial charge in [0, 0.05) is 40.6 Å². The number of carbonyl (C=O) groups is 1.